The molecule has 19 heavy (non-hydrogen) atoms. The van der Waals surface area contributed by atoms with Gasteiger partial charge in [-0.3, -0.25) is 0 Å². The lowest BCUT2D eigenvalue weighted by Crippen LogP contribution is -2.52. The van der Waals surface area contributed by atoms with Crippen molar-refractivity contribution in [2.24, 2.45) is 0 Å². The highest BCUT2D eigenvalue weighted by molar-refractivity contribution is 4.98. The number of fused-ring (bicyclic) bond motifs is 2. The highest BCUT2D eigenvalue weighted by Crippen LogP contribution is 2.40. The van der Waals surface area contributed by atoms with Gasteiger partial charge in [0.15, 0.2) is 0 Å². The zero-order valence-electron chi connectivity index (χ0n) is 11.9. The van der Waals surface area contributed by atoms with Gasteiger partial charge >= 0.3 is 0 Å². The van der Waals surface area contributed by atoms with E-state index in [1.54, 1.807) is 0 Å². The Morgan fingerprint density at radius 3 is 2.63 bits per heavy atom. The first-order valence-corrected chi connectivity index (χ1v) is 8.39. The van der Waals surface area contributed by atoms with Gasteiger partial charge in [-0.2, -0.15) is 0 Å². The monoisotopic (exact) mass is 265 g/mol. The van der Waals surface area contributed by atoms with Crippen molar-refractivity contribution in [3.63, 3.8) is 0 Å². The minimum absolute atomic E-state index is 0.229. The Balaban J connectivity index is 1.36. The summed E-state index contributed by atoms with van der Waals surface area (Å²) in [5.74, 6) is 0. The predicted octanol–water partition coefficient (Wildman–Crippen LogP) is 2.78. The second kappa shape index (κ2) is 5.01. The van der Waals surface area contributed by atoms with Crippen LogP contribution in [0.1, 0.15) is 64.2 Å². The molecule has 3 heterocycles. The van der Waals surface area contributed by atoms with Gasteiger partial charge in [0.05, 0.1) is 17.8 Å². The largest absolute Gasteiger partial charge is 0.375 e. The number of nitrogens with one attached hydrogen (secondary N) is 1. The first-order valence-electron chi connectivity index (χ1n) is 8.39. The fourth-order valence-electron chi connectivity index (χ4n) is 4.83. The molecule has 3 saturated heterocycles. The van der Waals surface area contributed by atoms with Gasteiger partial charge in [0, 0.05) is 18.7 Å². The molecule has 3 aliphatic heterocycles. The van der Waals surface area contributed by atoms with Gasteiger partial charge in [0.2, 0.25) is 0 Å². The SMILES string of the molecule is C1CCC2(CC1)CC(NC1CC3CCC1O3)CCO2. The normalized spacial score (nSPS) is 44.8. The second-order valence-corrected chi connectivity index (χ2v) is 7.16. The average Bonchev–Trinajstić information content (AvgIpc) is 3.02. The summed E-state index contributed by atoms with van der Waals surface area (Å²) in [6.07, 6.45) is 14.0. The Hall–Kier alpha value is -0.120. The summed E-state index contributed by atoms with van der Waals surface area (Å²) in [5, 5.41) is 3.92. The summed E-state index contributed by atoms with van der Waals surface area (Å²) in [4.78, 5) is 0. The van der Waals surface area contributed by atoms with Crippen LogP contribution in [0.5, 0.6) is 0 Å². The molecule has 4 unspecified atom stereocenters. The van der Waals surface area contributed by atoms with Gasteiger partial charge in [-0.1, -0.05) is 19.3 Å². The number of hydrogen-bond acceptors (Lipinski definition) is 3. The van der Waals surface area contributed by atoms with Gasteiger partial charge in [0.1, 0.15) is 0 Å². The van der Waals surface area contributed by atoms with Crippen molar-refractivity contribution in [1.82, 2.24) is 5.32 Å². The molecule has 108 valence electrons. The Bertz CT molecular complexity index is 321. The maximum Gasteiger partial charge on any atom is 0.0733 e. The van der Waals surface area contributed by atoms with E-state index in [1.165, 1.54) is 64.2 Å². The van der Waals surface area contributed by atoms with Crippen molar-refractivity contribution >= 4 is 0 Å². The van der Waals surface area contributed by atoms with Crippen LogP contribution in [0.25, 0.3) is 0 Å². The predicted molar refractivity (Wildman–Crippen MR) is 74.2 cm³/mol. The van der Waals surface area contributed by atoms with Crippen molar-refractivity contribution < 1.29 is 9.47 Å². The quantitative estimate of drug-likeness (QED) is 0.833. The zero-order valence-corrected chi connectivity index (χ0v) is 11.9. The topological polar surface area (TPSA) is 30.5 Å². The van der Waals surface area contributed by atoms with Crippen LogP contribution in [-0.2, 0) is 9.47 Å². The standard InChI is InChI=1S/C16H27NO2/c1-2-7-16(8-3-1)11-12(6-9-18-16)17-14-10-13-4-5-15(14)19-13/h12-15,17H,1-11H2. The Labute approximate surface area is 116 Å². The molecule has 1 aliphatic carbocycles. The van der Waals surface area contributed by atoms with E-state index in [-0.39, 0.29) is 5.60 Å². The van der Waals surface area contributed by atoms with Crippen molar-refractivity contribution in [2.75, 3.05) is 6.61 Å². The van der Waals surface area contributed by atoms with Crippen LogP contribution in [0.15, 0.2) is 0 Å². The molecular weight excluding hydrogens is 238 g/mol. The highest BCUT2D eigenvalue weighted by Gasteiger charge is 2.44. The summed E-state index contributed by atoms with van der Waals surface area (Å²) < 4.78 is 12.2. The van der Waals surface area contributed by atoms with E-state index in [1.807, 2.05) is 0 Å². The lowest BCUT2D eigenvalue weighted by molar-refractivity contribution is -0.110. The first-order chi connectivity index (χ1) is 9.33. The number of hydrogen-bond donors (Lipinski definition) is 1. The molecule has 4 atom stereocenters. The summed E-state index contributed by atoms with van der Waals surface area (Å²) in [5.41, 5.74) is 0.229. The van der Waals surface area contributed by atoms with Crippen LogP contribution >= 0.6 is 0 Å². The third-order valence-corrected chi connectivity index (χ3v) is 5.81. The molecule has 0 radical (unpaired) electrons. The summed E-state index contributed by atoms with van der Waals surface area (Å²) in [6, 6.07) is 1.29. The Morgan fingerprint density at radius 1 is 1.00 bits per heavy atom. The van der Waals surface area contributed by atoms with Crippen LogP contribution in [0.2, 0.25) is 0 Å². The van der Waals surface area contributed by atoms with E-state index < -0.39 is 0 Å². The van der Waals surface area contributed by atoms with Crippen molar-refractivity contribution in [3.8, 4) is 0 Å². The molecule has 3 heteroatoms. The fourth-order valence-corrected chi connectivity index (χ4v) is 4.83. The van der Waals surface area contributed by atoms with Gasteiger partial charge in [-0.05, 0) is 44.9 Å². The fraction of sp³-hybridized carbons (Fsp3) is 1.00. The van der Waals surface area contributed by atoms with E-state index in [2.05, 4.69) is 5.32 Å². The Morgan fingerprint density at radius 2 is 1.89 bits per heavy atom. The summed E-state index contributed by atoms with van der Waals surface area (Å²) in [6.45, 7) is 0.958. The van der Waals surface area contributed by atoms with Crippen LogP contribution in [0, 0.1) is 0 Å². The second-order valence-electron chi connectivity index (χ2n) is 7.16. The van der Waals surface area contributed by atoms with Gasteiger partial charge in [-0.15, -0.1) is 0 Å². The minimum Gasteiger partial charge on any atom is -0.375 e. The van der Waals surface area contributed by atoms with Crippen molar-refractivity contribution in [3.05, 3.63) is 0 Å². The third kappa shape index (κ3) is 2.45. The molecule has 0 aromatic carbocycles. The molecule has 4 aliphatic rings. The molecule has 3 nitrogen and oxygen atoms in total. The zero-order chi connectivity index (χ0) is 12.7. The maximum absolute atomic E-state index is 6.19. The van der Waals surface area contributed by atoms with Gasteiger partial charge in [0.25, 0.3) is 0 Å². The van der Waals surface area contributed by atoms with Crippen LogP contribution in [0.4, 0.5) is 0 Å². The minimum atomic E-state index is 0.229. The van der Waals surface area contributed by atoms with E-state index in [9.17, 15) is 0 Å². The van der Waals surface area contributed by atoms with E-state index in [0.717, 1.165) is 6.61 Å². The Kier molecular flexibility index (Phi) is 3.33. The average molecular weight is 265 g/mol. The van der Waals surface area contributed by atoms with Crippen LogP contribution in [0.3, 0.4) is 0 Å². The third-order valence-electron chi connectivity index (χ3n) is 5.81. The molecule has 0 amide bonds. The molecule has 1 N–H and O–H groups in total. The van der Waals surface area contributed by atoms with Gasteiger partial charge in [-0.25, -0.2) is 0 Å². The molecule has 0 aromatic rings. The van der Waals surface area contributed by atoms with Crippen molar-refractivity contribution in [2.45, 2.75) is 94.1 Å². The number of ether oxygens (including phenoxy) is 2. The lowest BCUT2D eigenvalue weighted by Gasteiger charge is -2.44. The molecular formula is C16H27NO2. The lowest BCUT2D eigenvalue weighted by atomic mass is 9.78. The number of rotatable bonds is 2. The van der Waals surface area contributed by atoms with E-state index in [0.29, 0.717) is 24.3 Å². The molecule has 4 fully saturated rings. The molecule has 0 aromatic heterocycles. The van der Waals surface area contributed by atoms with Crippen molar-refractivity contribution in [1.29, 1.82) is 0 Å². The van der Waals surface area contributed by atoms with E-state index in [4.69, 9.17) is 9.47 Å². The molecule has 1 saturated carbocycles. The van der Waals surface area contributed by atoms with Crippen LogP contribution < -0.4 is 5.32 Å². The molecule has 1 spiro atoms. The summed E-state index contributed by atoms with van der Waals surface area (Å²) in [7, 11) is 0. The molecule has 4 rings (SSSR count). The van der Waals surface area contributed by atoms with Gasteiger partial charge < -0.3 is 14.8 Å². The maximum atomic E-state index is 6.19. The smallest absolute Gasteiger partial charge is 0.0733 e. The highest BCUT2D eigenvalue weighted by atomic mass is 16.5. The van der Waals surface area contributed by atoms with Crippen LogP contribution in [-0.4, -0.2) is 36.5 Å². The molecule has 2 bridgehead atoms. The van der Waals surface area contributed by atoms with E-state index >= 15 is 0 Å². The summed E-state index contributed by atoms with van der Waals surface area (Å²) >= 11 is 0. The first kappa shape index (κ1) is 12.6.